The fourth-order valence-corrected chi connectivity index (χ4v) is 5.34. The number of carbonyl (C=O) groups is 2. The SMILES string of the molecule is CC(C)c1ccc2c(c1)[C@H](NC(=O)N1CCC(CC(=O)N3CCN(C)CC3)CC1)CCC2. The van der Waals surface area contributed by atoms with E-state index in [1.54, 1.807) is 0 Å². The first kappa shape index (κ1) is 23.1. The first-order valence-corrected chi connectivity index (χ1v) is 12.5. The summed E-state index contributed by atoms with van der Waals surface area (Å²) in [5, 5.41) is 3.33. The first-order valence-electron chi connectivity index (χ1n) is 12.5. The number of urea groups is 1. The lowest BCUT2D eigenvalue weighted by atomic mass is 9.85. The van der Waals surface area contributed by atoms with E-state index in [-0.39, 0.29) is 12.1 Å². The average Bonchev–Trinajstić information content (AvgIpc) is 2.79. The van der Waals surface area contributed by atoms with E-state index >= 15 is 0 Å². The van der Waals surface area contributed by atoms with Crippen molar-refractivity contribution in [2.24, 2.45) is 5.92 Å². The number of piperidine rings is 1. The van der Waals surface area contributed by atoms with E-state index in [9.17, 15) is 9.59 Å². The molecule has 2 aliphatic heterocycles. The van der Waals surface area contributed by atoms with Crippen LogP contribution < -0.4 is 5.32 Å². The number of rotatable bonds is 4. The number of aryl methyl sites for hydroxylation is 1. The van der Waals surface area contributed by atoms with Crippen LogP contribution in [0.4, 0.5) is 4.79 Å². The van der Waals surface area contributed by atoms with Crippen molar-refractivity contribution in [2.75, 3.05) is 46.3 Å². The van der Waals surface area contributed by atoms with Crippen LogP contribution in [0.1, 0.15) is 74.6 Å². The highest BCUT2D eigenvalue weighted by Gasteiger charge is 2.29. The molecule has 6 heteroatoms. The standard InChI is InChI=1S/C26H40N4O2/c1-19(2)22-8-7-21-5-4-6-24(23(21)18-22)27-26(32)30-11-9-20(10-12-30)17-25(31)29-15-13-28(3)14-16-29/h7-8,18-20,24H,4-6,9-17H2,1-3H3,(H,27,32)/t24-/m1/s1. The summed E-state index contributed by atoms with van der Waals surface area (Å²) >= 11 is 0. The Morgan fingerprint density at radius 2 is 1.72 bits per heavy atom. The summed E-state index contributed by atoms with van der Waals surface area (Å²) in [5.74, 6) is 1.18. The number of hydrogen-bond donors (Lipinski definition) is 1. The van der Waals surface area contributed by atoms with Crippen molar-refractivity contribution < 1.29 is 9.59 Å². The van der Waals surface area contributed by atoms with Gasteiger partial charge in [-0.05, 0) is 67.7 Å². The van der Waals surface area contributed by atoms with Gasteiger partial charge in [0.2, 0.25) is 5.91 Å². The minimum Gasteiger partial charge on any atom is -0.340 e. The number of nitrogens with zero attached hydrogens (tertiary/aromatic N) is 3. The highest BCUT2D eigenvalue weighted by atomic mass is 16.2. The van der Waals surface area contributed by atoms with Gasteiger partial charge in [0.1, 0.15) is 0 Å². The van der Waals surface area contributed by atoms with E-state index in [1.165, 1.54) is 16.7 Å². The van der Waals surface area contributed by atoms with Crippen molar-refractivity contribution in [1.82, 2.24) is 20.0 Å². The number of benzene rings is 1. The molecule has 1 atom stereocenters. The fraction of sp³-hybridized carbons (Fsp3) is 0.692. The second kappa shape index (κ2) is 10.2. The minimum absolute atomic E-state index is 0.0571. The van der Waals surface area contributed by atoms with E-state index in [0.717, 1.165) is 71.4 Å². The summed E-state index contributed by atoms with van der Waals surface area (Å²) < 4.78 is 0. The lowest BCUT2D eigenvalue weighted by Gasteiger charge is -2.36. The molecule has 32 heavy (non-hydrogen) atoms. The molecule has 1 aromatic carbocycles. The van der Waals surface area contributed by atoms with E-state index < -0.39 is 0 Å². The van der Waals surface area contributed by atoms with Gasteiger partial charge in [0.15, 0.2) is 0 Å². The van der Waals surface area contributed by atoms with Crippen LogP contribution >= 0.6 is 0 Å². The van der Waals surface area contributed by atoms with Gasteiger partial charge in [0, 0.05) is 45.7 Å². The first-order chi connectivity index (χ1) is 15.4. The molecule has 1 aliphatic carbocycles. The Labute approximate surface area is 193 Å². The number of nitrogens with one attached hydrogen (secondary N) is 1. The molecule has 2 fully saturated rings. The molecule has 0 saturated carbocycles. The molecule has 4 rings (SSSR count). The van der Waals surface area contributed by atoms with Crippen molar-refractivity contribution in [1.29, 1.82) is 0 Å². The van der Waals surface area contributed by atoms with Crippen molar-refractivity contribution in [3.63, 3.8) is 0 Å². The van der Waals surface area contributed by atoms with Crippen LogP contribution in [0.2, 0.25) is 0 Å². The van der Waals surface area contributed by atoms with Gasteiger partial charge in [-0.2, -0.15) is 0 Å². The Hall–Kier alpha value is -2.08. The van der Waals surface area contributed by atoms with Crippen LogP contribution in [0.15, 0.2) is 18.2 Å². The van der Waals surface area contributed by atoms with Gasteiger partial charge in [-0.1, -0.05) is 32.0 Å². The fourth-order valence-electron chi connectivity index (χ4n) is 5.34. The average molecular weight is 441 g/mol. The maximum Gasteiger partial charge on any atom is 0.317 e. The third kappa shape index (κ3) is 5.45. The number of likely N-dealkylation sites (N-methyl/N-ethyl adjacent to an activating group) is 1. The molecule has 6 nitrogen and oxygen atoms in total. The molecule has 3 amide bonds. The predicted octanol–water partition coefficient (Wildman–Crippen LogP) is 3.77. The van der Waals surface area contributed by atoms with Gasteiger partial charge >= 0.3 is 6.03 Å². The molecule has 1 aromatic rings. The molecule has 3 aliphatic rings. The molecule has 2 saturated heterocycles. The number of carbonyl (C=O) groups excluding carboxylic acids is 2. The van der Waals surface area contributed by atoms with Crippen molar-refractivity contribution in [3.05, 3.63) is 34.9 Å². The zero-order valence-corrected chi connectivity index (χ0v) is 20.1. The smallest absolute Gasteiger partial charge is 0.317 e. The third-order valence-corrected chi connectivity index (χ3v) is 7.67. The molecular weight excluding hydrogens is 400 g/mol. The molecule has 0 radical (unpaired) electrons. The van der Waals surface area contributed by atoms with Crippen LogP contribution in [-0.4, -0.2) is 73.0 Å². The summed E-state index contributed by atoms with van der Waals surface area (Å²) in [6, 6.07) is 6.97. The van der Waals surface area contributed by atoms with E-state index in [4.69, 9.17) is 0 Å². The van der Waals surface area contributed by atoms with Crippen molar-refractivity contribution in [2.45, 2.75) is 64.3 Å². The van der Waals surface area contributed by atoms with Crippen LogP contribution in [0.25, 0.3) is 0 Å². The Kier molecular flexibility index (Phi) is 7.39. The van der Waals surface area contributed by atoms with E-state index in [0.29, 0.717) is 24.2 Å². The van der Waals surface area contributed by atoms with Crippen LogP contribution in [-0.2, 0) is 11.2 Å². The molecule has 176 valence electrons. The summed E-state index contributed by atoms with van der Waals surface area (Å²) in [6.45, 7) is 9.56. The normalized spacial score (nSPS) is 22.7. The van der Waals surface area contributed by atoms with Crippen molar-refractivity contribution >= 4 is 11.9 Å². The van der Waals surface area contributed by atoms with E-state index in [1.807, 2.05) is 9.80 Å². The number of fused-ring (bicyclic) bond motifs is 1. The Balaban J connectivity index is 1.27. The Bertz CT molecular complexity index is 808. The Morgan fingerprint density at radius 1 is 1.00 bits per heavy atom. The number of hydrogen-bond acceptors (Lipinski definition) is 3. The van der Waals surface area contributed by atoms with Gasteiger partial charge in [-0.25, -0.2) is 4.79 Å². The summed E-state index contributed by atoms with van der Waals surface area (Å²) in [4.78, 5) is 31.9. The van der Waals surface area contributed by atoms with Gasteiger partial charge < -0.3 is 20.0 Å². The quantitative estimate of drug-likeness (QED) is 0.775. The van der Waals surface area contributed by atoms with Gasteiger partial charge in [0.25, 0.3) is 0 Å². The maximum atomic E-state index is 13.0. The molecule has 0 spiro atoms. The molecule has 0 aromatic heterocycles. The minimum atomic E-state index is 0.0571. The number of piperazine rings is 1. The molecular formula is C26H40N4O2. The lowest BCUT2D eigenvalue weighted by molar-refractivity contribution is -0.134. The second-order valence-electron chi connectivity index (χ2n) is 10.3. The molecule has 0 bridgehead atoms. The highest BCUT2D eigenvalue weighted by molar-refractivity contribution is 5.77. The summed E-state index contributed by atoms with van der Waals surface area (Å²) in [5.41, 5.74) is 4.03. The monoisotopic (exact) mass is 440 g/mol. The van der Waals surface area contributed by atoms with Crippen LogP contribution in [0.5, 0.6) is 0 Å². The van der Waals surface area contributed by atoms with Gasteiger partial charge in [-0.3, -0.25) is 4.79 Å². The molecule has 2 heterocycles. The largest absolute Gasteiger partial charge is 0.340 e. The summed E-state index contributed by atoms with van der Waals surface area (Å²) in [7, 11) is 2.11. The topological polar surface area (TPSA) is 55.9 Å². The van der Waals surface area contributed by atoms with E-state index in [2.05, 4.69) is 49.3 Å². The predicted molar refractivity (Wildman–Crippen MR) is 128 cm³/mol. The van der Waals surface area contributed by atoms with Crippen molar-refractivity contribution in [3.8, 4) is 0 Å². The zero-order chi connectivity index (χ0) is 22.7. The van der Waals surface area contributed by atoms with Crippen LogP contribution in [0, 0.1) is 5.92 Å². The van der Waals surface area contributed by atoms with Gasteiger partial charge in [-0.15, -0.1) is 0 Å². The molecule has 0 unspecified atom stereocenters. The van der Waals surface area contributed by atoms with Gasteiger partial charge in [0.05, 0.1) is 6.04 Å². The lowest BCUT2D eigenvalue weighted by Crippen LogP contribution is -2.48. The zero-order valence-electron chi connectivity index (χ0n) is 20.1. The highest BCUT2D eigenvalue weighted by Crippen LogP contribution is 2.32. The number of amides is 3. The number of likely N-dealkylation sites (tertiary alicyclic amines) is 1. The third-order valence-electron chi connectivity index (χ3n) is 7.67. The summed E-state index contributed by atoms with van der Waals surface area (Å²) in [6.07, 6.45) is 5.71. The maximum absolute atomic E-state index is 13.0. The van der Waals surface area contributed by atoms with Crippen LogP contribution in [0.3, 0.4) is 0 Å². The Morgan fingerprint density at radius 3 is 2.41 bits per heavy atom. The second-order valence-corrected chi connectivity index (χ2v) is 10.3. The molecule has 1 N–H and O–H groups in total.